The molecule has 34 heavy (non-hydrogen) atoms. The summed E-state index contributed by atoms with van der Waals surface area (Å²) in [6.07, 6.45) is 1.33. The van der Waals surface area contributed by atoms with Crippen LogP contribution in [0.15, 0.2) is 60.0 Å². The van der Waals surface area contributed by atoms with Crippen LogP contribution in [0, 0.1) is 15.9 Å². The molecule has 3 aromatic carbocycles. The van der Waals surface area contributed by atoms with Crippen LogP contribution >= 0.6 is 0 Å². The number of halogens is 1. The Morgan fingerprint density at radius 2 is 1.76 bits per heavy atom. The number of hydrogen-bond donors (Lipinski definition) is 1. The predicted molar refractivity (Wildman–Crippen MR) is 121 cm³/mol. The number of hydrogen-bond acceptors (Lipinski definition) is 8. The molecule has 13 heteroatoms. The minimum absolute atomic E-state index is 0.0364. The van der Waals surface area contributed by atoms with Crippen LogP contribution < -0.4 is 8.92 Å². The first-order valence-corrected chi connectivity index (χ1v) is 12.5. The lowest BCUT2D eigenvalue weighted by atomic mass is 10.0. The predicted octanol–water partition coefficient (Wildman–Crippen LogP) is 4.30. The van der Waals surface area contributed by atoms with E-state index in [0.29, 0.717) is 16.8 Å². The first kappa shape index (κ1) is 25.1. The third-order valence-corrected chi connectivity index (χ3v) is 7.10. The Kier molecular flexibility index (Phi) is 6.91. The molecule has 0 aromatic heterocycles. The van der Waals surface area contributed by atoms with Gasteiger partial charge in [0.15, 0.2) is 5.75 Å². The van der Waals surface area contributed by atoms with Crippen molar-refractivity contribution in [2.45, 2.75) is 23.7 Å². The van der Waals surface area contributed by atoms with E-state index >= 15 is 0 Å². The number of benzene rings is 3. The average Bonchev–Trinajstić information content (AvgIpc) is 2.76. The Bertz CT molecular complexity index is 1500. The Hall–Kier alpha value is -3.55. The Morgan fingerprint density at radius 1 is 1.12 bits per heavy atom. The molecule has 0 aliphatic heterocycles. The Morgan fingerprint density at radius 3 is 2.32 bits per heavy atom. The van der Waals surface area contributed by atoms with Gasteiger partial charge in [-0.2, -0.15) is 16.8 Å². The summed E-state index contributed by atoms with van der Waals surface area (Å²) in [6.45, 7) is 5.09. The number of nitrogens with zero attached hydrogens (tertiary/aromatic N) is 1. The molecule has 0 saturated carbocycles. The van der Waals surface area contributed by atoms with E-state index in [1.54, 1.807) is 36.4 Å². The van der Waals surface area contributed by atoms with Gasteiger partial charge in [-0.05, 0) is 23.4 Å². The van der Waals surface area contributed by atoms with Crippen molar-refractivity contribution in [2.75, 3.05) is 0 Å². The van der Waals surface area contributed by atoms with Crippen LogP contribution in [0.3, 0.4) is 0 Å². The third-order valence-electron chi connectivity index (χ3n) is 4.75. The number of nitro groups is 1. The van der Waals surface area contributed by atoms with Crippen molar-refractivity contribution in [1.82, 2.24) is 0 Å². The quantitative estimate of drug-likeness (QED) is 0.192. The zero-order valence-corrected chi connectivity index (χ0v) is 19.2. The van der Waals surface area contributed by atoms with Gasteiger partial charge in [0, 0.05) is 17.5 Å². The van der Waals surface area contributed by atoms with Crippen molar-refractivity contribution in [2.24, 2.45) is 0 Å². The van der Waals surface area contributed by atoms with Gasteiger partial charge in [0.2, 0.25) is 11.2 Å². The van der Waals surface area contributed by atoms with Crippen LogP contribution in [0.1, 0.15) is 18.9 Å². The molecule has 3 rings (SSSR count). The molecule has 0 aliphatic carbocycles. The highest BCUT2D eigenvalue weighted by atomic mass is 32.2. The van der Waals surface area contributed by atoms with Crippen LogP contribution in [-0.4, -0.2) is 31.7 Å². The highest BCUT2D eigenvalue weighted by Gasteiger charge is 2.33. The zero-order valence-electron chi connectivity index (χ0n) is 17.5. The zero-order chi connectivity index (χ0) is 25.3. The highest BCUT2D eigenvalue weighted by Crippen LogP contribution is 2.35. The van der Waals surface area contributed by atoms with Crippen LogP contribution in [0.2, 0.25) is 0 Å². The van der Waals surface area contributed by atoms with E-state index in [-0.39, 0.29) is 18.2 Å². The summed E-state index contributed by atoms with van der Waals surface area (Å²) < 4.78 is 82.2. The fraction of sp³-hybridized carbons (Fsp3) is 0.143. The van der Waals surface area contributed by atoms with Crippen LogP contribution in [0.4, 0.5) is 10.1 Å². The molecule has 3 aromatic rings. The summed E-state index contributed by atoms with van der Waals surface area (Å²) in [7, 11) is -9.71. The summed E-state index contributed by atoms with van der Waals surface area (Å²) in [6, 6.07) is 10.3. The maximum absolute atomic E-state index is 14.2. The van der Waals surface area contributed by atoms with Crippen molar-refractivity contribution < 1.29 is 39.6 Å². The van der Waals surface area contributed by atoms with Gasteiger partial charge in [-0.3, -0.25) is 14.7 Å². The second-order valence-corrected chi connectivity index (χ2v) is 9.98. The summed E-state index contributed by atoms with van der Waals surface area (Å²) in [5.74, 6) is -2.46. The van der Waals surface area contributed by atoms with Crippen LogP contribution in [0.5, 0.6) is 11.5 Å². The van der Waals surface area contributed by atoms with Gasteiger partial charge in [-0.15, -0.1) is 0 Å². The Balaban J connectivity index is 2.02. The van der Waals surface area contributed by atoms with Gasteiger partial charge >= 0.3 is 15.8 Å². The number of rotatable bonds is 9. The standard InChI is InChI=1S/C21H18FNO9S2/c1-3-13-9-10-18(15-8-6-5-7-14(13)15)32-34(29,30)21(4-2)31-19-11-16(22)20(33(26,27)28)12-17(19)23(24)25/h3,5-12,21H,1,4H2,2H3,(H,26,27,28). The van der Waals surface area contributed by atoms with Crippen molar-refractivity contribution in [3.63, 3.8) is 0 Å². The van der Waals surface area contributed by atoms with E-state index in [1.807, 2.05) is 0 Å². The van der Waals surface area contributed by atoms with Crippen LogP contribution in [0.25, 0.3) is 16.8 Å². The van der Waals surface area contributed by atoms with Gasteiger partial charge in [0.1, 0.15) is 10.7 Å². The molecule has 1 N–H and O–H groups in total. The molecule has 0 saturated heterocycles. The molecule has 10 nitrogen and oxygen atoms in total. The average molecular weight is 512 g/mol. The first-order valence-electron chi connectivity index (χ1n) is 9.58. The first-order chi connectivity index (χ1) is 15.9. The molecule has 0 spiro atoms. The van der Waals surface area contributed by atoms with Crippen molar-refractivity contribution in [1.29, 1.82) is 0 Å². The molecular weight excluding hydrogens is 493 g/mol. The summed E-state index contributed by atoms with van der Waals surface area (Å²) in [5.41, 5.74) is -2.16. The number of ether oxygens (including phenoxy) is 1. The number of fused-ring (bicyclic) bond motifs is 1. The fourth-order valence-corrected chi connectivity index (χ4v) is 4.87. The monoisotopic (exact) mass is 511 g/mol. The second-order valence-electron chi connectivity index (χ2n) is 6.92. The molecule has 1 atom stereocenters. The molecule has 0 fully saturated rings. The van der Waals surface area contributed by atoms with E-state index in [2.05, 4.69) is 6.58 Å². The minimum atomic E-state index is -5.12. The van der Waals surface area contributed by atoms with Crippen molar-refractivity contribution >= 4 is 42.8 Å². The Labute approximate surface area is 194 Å². The van der Waals surface area contributed by atoms with Crippen molar-refractivity contribution in [3.05, 3.63) is 76.6 Å². The van der Waals surface area contributed by atoms with Crippen LogP contribution in [-0.2, 0) is 20.2 Å². The van der Waals surface area contributed by atoms with E-state index < -0.39 is 52.7 Å². The van der Waals surface area contributed by atoms with Crippen molar-refractivity contribution in [3.8, 4) is 11.5 Å². The van der Waals surface area contributed by atoms with E-state index in [1.165, 1.54) is 13.0 Å². The number of nitro benzene ring substituents is 1. The molecule has 1 unspecified atom stereocenters. The van der Waals surface area contributed by atoms with Gasteiger partial charge in [0.05, 0.1) is 4.92 Å². The molecule has 0 amide bonds. The summed E-state index contributed by atoms with van der Waals surface area (Å²) in [4.78, 5) is 8.91. The second kappa shape index (κ2) is 9.37. The lowest BCUT2D eigenvalue weighted by Crippen LogP contribution is -2.31. The molecule has 0 bridgehead atoms. The SMILES string of the molecule is C=Cc1ccc(OS(=O)(=O)C(CC)Oc2cc(F)c(S(=O)(=O)O)cc2[N+](=O)[O-])c2ccccc12. The van der Waals surface area contributed by atoms with E-state index in [0.717, 1.165) is 5.56 Å². The summed E-state index contributed by atoms with van der Waals surface area (Å²) in [5, 5.41) is 12.5. The smallest absolute Gasteiger partial charge is 0.347 e. The normalized spacial score (nSPS) is 12.8. The van der Waals surface area contributed by atoms with E-state index in [9.17, 15) is 31.3 Å². The summed E-state index contributed by atoms with van der Waals surface area (Å²) >= 11 is 0. The van der Waals surface area contributed by atoms with Gasteiger partial charge in [-0.25, -0.2) is 4.39 Å². The van der Waals surface area contributed by atoms with Gasteiger partial charge in [0.25, 0.3) is 10.1 Å². The third kappa shape index (κ3) is 5.00. The molecule has 0 heterocycles. The molecule has 180 valence electrons. The maximum Gasteiger partial charge on any atom is 0.347 e. The highest BCUT2D eigenvalue weighted by molar-refractivity contribution is 7.87. The topological polar surface area (TPSA) is 150 Å². The fourth-order valence-electron chi connectivity index (χ4n) is 3.17. The lowest BCUT2D eigenvalue weighted by Gasteiger charge is -2.19. The molecule has 0 aliphatic rings. The van der Waals surface area contributed by atoms with E-state index in [4.69, 9.17) is 13.5 Å². The minimum Gasteiger partial charge on any atom is -0.464 e. The van der Waals surface area contributed by atoms with Gasteiger partial charge in [-0.1, -0.05) is 49.9 Å². The molecular formula is C21H18FNO9S2. The lowest BCUT2D eigenvalue weighted by molar-refractivity contribution is -0.386. The van der Waals surface area contributed by atoms with Gasteiger partial charge < -0.3 is 8.92 Å². The maximum atomic E-state index is 14.2. The molecule has 0 radical (unpaired) electrons. The largest absolute Gasteiger partial charge is 0.464 e.